The Morgan fingerprint density at radius 2 is 1.18 bits per heavy atom. The van der Waals surface area contributed by atoms with E-state index in [0.29, 0.717) is 0 Å². The third-order valence-electron chi connectivity index (χ3n) is 4.60. The second-order valence-electron chi connectivity index (χ2n) is 6.37. The van der Waals surface area contributed by atoms with Crippen LogP contribution >= 0.6 is 14.2 Å². The van der Waals surface area contributed by atoms with Crippen molar-refractivity contribution in [2.75, 3.05) is 26.2 Å². The van der Waals surface area contributed by atoms with Crippen molar-refractivity contribution in [1.29, 1.82) is 0 Å². The Bertz CT molecular complexity index is 380. The molecule has 0 radical (unpaired) electrons. The number of benzene rings is 1. The Hall–Kier alpha value is 0.114. The molecule has 0 aromatic heterocycles. The molecule has 127 valence electrons. The summed E-state index contributed by atoms with van der Waals surface area (Å²) in [5, 5.41) is 0. The molecule has 0 atom stereocenters. The largest absolute Gasteiger partial charge is 0.301 e. The van der Waals surface area contributed by atoms with E-state index in [0.717, 1.165) is 13.1 Å². The van der Waals surface area contributed by atoms with Crippen molar-refractivity contribution < 1.29 is 13.7 Å². The van der Waals surface area contributed by atoms with E-state index in [1.807, 2.05) is 0 Å². The number of halogens is 1. The number of nitrogens with zero attached hydrogens (tertiary/aromatic N) is 2. The van der Waals surface area contributed by atoms with Crippen LogP contribution in [-0.4, -0.2) is 36.0 Å². The molecule has 2 aliphatic heterocycles. The summed E-state index contributed by atoms with van der Waals surface area (Å²) >= 11 is 6.25. The van der Waals surface area contributed by atoms with Crippen LogP contribution < -0.4 is 0 Å². The van der Waals surface area contributed by atoms with Gasteiger partial charge in [-0.1, -0.05) is 12.8 Å². The summed E-state index contributed by atoms with van der Waals surface area (Å²) < 4.78 is 0. The average molecular weight is 410 g/mol. The zero-order valence-electron chi connectivity index (χ0n) is 13.3. The summed E-state index contributed by atoms with van der Waals surface area (Å²) in [4.78, 5) is 5.17. The van der Waals surface area contributed by atoms with E-state index in [9.17, 15) is 0 Å². The van der Waals surface area contributed by atoms with E-state index in [1.54, 1.807) is 0 Å². The van der Waals surface area contributed by atoms with Gasteiger partial charge < -0.3 is 9.80 Å². The molecule has 2 saturated heterocycles. The third kappa shape index (κ3) is 6.31. The summed E-state index contributed by atoms with van der Waals surface area (Å²) in [5.41, 5.74) is 2.75. The number of rotatable bonds is 4. The zero-order chi connectivity index (χ0) is 15.6. The smallest absolute Gasteiger partial charge is 0.000741 e. The van der Waals surface area contributed by atoms with Gasteiger partial charge in [0.2, 0.25) is 0 Å². The molecule has 22 heavy (non-hydrogen) atoms. The predicted molar refractivity (Wildman–Crippen MR) is 92.5 cm³/mol. The molecule has 0 bridgehead atoms. The maximum atomic E-state index is 3.69. The van der Waals surface area contributed by atoms with Crippen LogP contribution in [0.25, 0.3) is 0 Å². The first kappa shape index (κ1) is 18.5. The number of piperidine rings is 2. The van der Waals surface area contributed by atoms with Crippen LogP contribution in [0.2, 0.25) is 0 Å². The van der Waals surface area contributed by atoms with Gasteiger partial charge in [0, 0.05) is 13.1 Å². The van der Waals surface area contributed by atoms with E-state index >= 15 is 0 Å². The van der Waals surface area contributed by atoms with Gasteiger partial charge in [-0.2, -0.15) is 24.3 Å². The fourth-order valence-corrected chi connectivity index (χ4v) is 3.47. The monoisotopic (exact) mass is 408 g/mol. The molecule has 2 fully saturated rings. The van der Waals surface area contributed by atoms with Crippen molar-refractivity contribution in [3.05, 3.63) is 35.4 Å². The Balaban J connectivity index is 0.000000847. The van der Waals surface area contributed by atoms with E-state index < -0.39 is 0 Å². The minimum atomic E-state index is 1.09. The number of hydrogen-bond acceptors (Lipinski definition) is 2. The van der Waals surface area contributed by atoms with Crippen LogP contribution in [0.5, 0.6) is 0 Å². The molecule has 0 unspecified atom stereocenters. The molecule has 0 amide bonds. The summed E-state index contributed by atoms with van der Waals surface area (Å²) in [7, 11) is 0. The normalized spacial score (nSPS) is 20.3. The van der Waals surface area contributed by atoms with Crippen LogP contribution in [-0.2, 0) is 26.8 Å². The van der Waals surface area contributed by atoms with Gasteiger partial charge in [0.05, 0.1) is 0 Å². The second-order valence-corrected chi connectivity index (χ2v) is 6.37. The minimum absolute atomic E-state index is 1.09. The summed E-state index contributed by atoms with van der Waals surface area (Å²) in [6.07, 6.45) is 8.30. The van der Waals surface area contributed by atoms with Gasteiger partial charge in [-0.05, 0) is 51.9 Å². The average Bonchev–Trinajstić information content (AvgIpc) is 2.59. The first-order valence-corrected chi connectivity index (χ1v) is 10.9. The number of hydrogen-bond donors (Lipinski definition) is 0. The molecule has 0 aliphatic carbocycles. The van der Waals surface area contributed by atoms with E-state index in [2.05, 4.69) is 62.0 Å². The standard InChI is InChI=1S/C18H27N2.BrH.Ni/c1-3-10-19(11-4-1)15-17-8-7-9-18(14-17)16-20-12-5-2-6-13-20;;/h7-9H,1-6,10-13,15-16H2;1H;/q-1;;+1/p-1. The summed E-state index contributed by atoms with van der Waals surface area (Å²) in [6, 6.07) is 10.4. The topological polar surface area (TPSA) is 6.48 Å². The van der Waals surface area contributed by atoms with Gasteiger partial charge >= 0.3 is 27.9 Å². The molecule has 2 aliphatic rings. The zero-order valence-corrected chi connectivity index (χ0v) is 15.9. The van der Waals surface area contributed by atoms with Crippen LogP contribution in [0.15, 0.2) is 18.2 Å². The SMILES string of the molecule is [Ni][Br].[c-]1c(CN2CCCCC2)cccc1CN1CCCCC1. The van der Waals surface area contributed by atoms with Crippen LogP contribution in [0, 0.1) is 6.07 Å². The Kier molecular flexibility index (Phi) is 9.06. The van der Waals surface area contributed by atoms with Crippen molar-refractivity contribution in [2.24, 2.45) is 0 Å². The molecule has 1 aromatic carbocycles. The molecule has 2 heterocycles. The van der Waals surface area contributed by atoms with Crippen molar-refractivity contribution in [2.45, 2.75) is 51.6 Å². The molecule has 0 N–H and O–H groups in total. The fraction of sp³-hybridized carbons (Fsp3) is 0.667. The molecular formula is C18H27BrN2Ni-. The van der Waals surface area contributed by atoms with Gasteiger partial charge in [0.1, 0.15) is 0 Å². The molecular weight excluding hydrogens is 383 g/mol. The maximum absolute atomic E-state index is 3.69. The van der Waals surface area contributed by atoms with Crippen LogP contribution in [0.3, 0.4) is 0 Å². The maximum Gasteiger partial charge on any atom is 0.000741 e. The first-order valence-electron chi connectivity index (χ1n) is 8.47. The minimum Gasteiger partial charge on any atom is -0.301 e. The molecule has 2 nitrogen and oxygen atoms in total. The summed E-state index contributed by atoms with van der Waals surface area (Å²) in [6.45, 7) is 7.25. The van der Waals surface area contributed by atoms with Crippen molar-refractivity contribution in [3.63, 3.8) is 0 Å². The van der Waals surface area contributed by atoms with Gasteiger partial charge in [0.25, 0.3) is 0 Å². The van der Waals surface area contributed by atoms with E-state index in [-0.39, 0.29) is 0 Å². The Morgan fingerprint density at radius 3 is 1.59 bits per heavy atom. The molecule has 4 heteroatoms. The third-order valence-corrected chi connectivity index (χ3v) is 4.60. The fourth-order valence-electron chi connectivity index (χ4n) is 3.47. The summed E-state index contributed by atoms with van der Waals surface area (Å²) in [5.74, 6) is 0. The van der Waals surface area contributed by atoms with Gasteiger partial charge in [0.15, 0.2) is 0 Å². The Morgan fingerprint density at radius 1 is 0.773 bits per heavy atom. The van der Waals surface area contributed by atoms with Gasteiger partial charge in [-0.3, -0.25) is 0 Å². The van der Waals surface area contributed by atoms with Gasteiger partial charge in [-0.25, -0.2) is 0 Å². The van der Waals surface area contributed by atoms with Crippen LogP contribution in [0.4, 0.5) is 0 Å². The van der Waals surface area contributed by atoms with Crippen LogP contribution in [0.1, 0.15) is 49.7 Å². The first-order chi connectivity index (χ1) is 10.9. The van der Waals surface area contributed by atoms with Crippen molar-refractivity contribution >= 4 is 14.2 Å². The van der Waals surface area contributed by atoms with E-state index in [4.69, 9.17) is 0 Å². The molecule has 0 saturated carbocycles. The van der Waals surface area contributed by atoms with Crippen molar-refractivity contribution in [1.82, 2.24) is 9.80 Å². The quantitative estimate of drug-likeness (QED) is 0.540. The van der Waals surface area contributed by atoms with Gasteiger partial charge in [-0.15, -0.1) is 11.1 Å². The molecule has 3 rings (SSSR count). The Labute approximate surface area is 150 Å². The second kappa shape index (κ2) is 10.8. The number of likely N-dealkylation sites (tertiary alicyclic amines) is 2. The predicted octanol–water partition coefficient (Wildman–Crippen LogP) is 4.30. The molecule has 0 spiro atoms. The molecule has 1 aromatic rings. The van der Waals surface area contributed by atoms with Crippen molar-refractivity contribution in [3.8, 4) is 0 Å². The van der Waals surface area contributed by atoms with E-state index in [1.165, 1.54) is 75.8 Å².